The van der Waals surface area contributed by atoms with E-state index in [1.807, 2.05) is 19.1 Å². The molecule has 1 amide bonds. The molecule has 5 heterocycles. The van der Waals surface area contributed by atoms with Gasteiger partial charge in [0, 0.05) is 42.8 Å². The summed E-state index contributed by atoms with van der Waals surface area (Å²) in [6, 6.07) is 6.53. The number of anilines is 1. The number of hydrogen-bond donors (Lipinski definition) is 1. The van der Waals surface area contributed by atoms with Gasteiger partial charge in [-0.1, -0.05) is 6.07 Å². The highest BCUT2D eigenvalue weighted by Gasteiger charge is 2.51. The predicted molar refractivity (Wildman–Crippen MR) is 134 cm³/mol. The predicted octanol–water partition coefficient (Wildman–Crippen LogP) is 3.58. The monoisotopic (exact) mass is 468 g/mol. The van der Waals surface area contributed by atoms with Crippen LogP contribution in [0.15, 0.2) is 36.9 Å². The number of nitrogens with one attached hydrogen (secondary N) is 1. The Morgan fingerprint density at radius 2 is 1.91 bits per heavy atom. The van der Waals surface area contributed by atoms with Crippen molar-refractivity contribution in [1.82, 2.24) is 34.4 Å². The largest absolute Gasteiger partial charge is 0.325 e. The van der Waals surface area contributed by atoms with Crippen LogP contribution in [0, 0.1) is 6.92 Å². The molecular formula is C26H28N8O. The highest BCUT2D eigenvalue weighted by atomic mass is 16.2. The minimum atomic E-state index is -0.519. The molecule has 9 heteroatoms. The molecule has 2 aliphatic heterocycles. The van der Waals surface area contributed by atoms with Gasteiger partial charge in [0.2, 0.25) is 5.91 Å². The highest BCUT2D eigenvalue weighted by molar-refractivity contribution is 6.07. The summed E-state index contributed by atoms with van der Waals surface area (Å²) in [4.78, 5) is 38.4. The molecule has 1 spiro atoms. The fourth-order valence-electron chi connectivity index (χ4n) is 5.42. The molecule has 9 nitrogen and oxygen atoms in total. The third-order valence-electron chi connectivity index (χ3n) is 7.41. The number of carbonyl (C=O) groups excluding carboxylic acids is 1. The van der Waals surface area contributed by atoms with Crippen molar-refractivity contribution in [2.75, 3.05) is 18.4 Å². The van der Waals surface area contributed by atoms with Crippen LogP contribution in [0.25, 0.3) is 33.8 Å². The molecular weight excluding hydrogens is 440 g/mol. The Hall–Kier alpha value is -3.72. The maximum absolute atomic E-state index is 13.2. The van der Waals surface area contributed by atoms with Crippen molar-refractivity contribution < 1.29 is 4.79 Å². The van der Waals surface area contributed by atoms with Crippen molar-refractivity contribution in [1.29, 1.82) is 0 Å². The van der Waals surface area contributed by atoms with Crippen LogP contribution < -0.4 is 5.32 Å². The summed E-state index contributed by atoms with van der Waals surface area (Å²) < 4.78 is 2.06. The number of nitrogens with zero attached hydrogens (tertiary/aromatic N) is 7. The van der Waals surface area contributed by atoms with Crippen LogP contribution in [0.4, 0.5) is 5.69 Å². The second-order valence-corrected chi connectivity index (χ2v) is 9.70. The zero-order chi connectivity index (χ0) is 24.3. The Kier molecular flexibility index (Phi) is 4.93. The number of aryl methyl sites for hydroxylation is 2. The molecule has 1 atom stereocenters. The number of fused-ring (bicyclic) bond motifs is 3. The van der Waals surface area contributed by atoms with Gasteiger partial charge in [0.15, 0.2) is 5.65 Å². The first kappa shape index (κ1) is 21.8. The highest BCUT2D eigenvalue weighted by Crippen LogP contribution is 2.46. The van der Waals surface area contributed by atoms with Gasteiger partial charge in [-0.05, 0) is 58.4 Å². The van der Waals surface area contributed by atoms with Crippen LogP contribution in [0.2, 0.25) is 0 Å². The lowest BCUT2D eigenvalue weighted by Crippen LogP contribution is -2.39. The third kappa shape index (κ3) is 3.25. The minimum absolute atomic E-state index is 0.0950. The maximum atomic E-state index is 13.2. The standard InChI is InChI=1S/C26H28N8O/c1-5-34-23(18-11-27-16(4)28-12-18)32-22-21(29-14-30-24(22)34)17-6-7-20-19(10-17)26(25(35)31-20)8-9-33(13-26)15(2)3/h6-7,10-12,14-15H,5,8-9,13H2,1-4H3,(H,31,35)/t26-/m0/s1. The smallest absolute Gasteiger partial charge is 0.236 e. The first-order chi connectivity index (χ1) is 16.9. The van der Waals surface area contributed by atoms with E-state index < -0.39 is 5.41 Å². The Morgan fingerprint density at radius 1 is 1.11 bits per heavy atom. The molecule has 0 unspecified atom stereocenters. The van der Waals surface area contributed by atoms with E-state index in [1.165, 1.54) is 0 Å². The van der Waals surface area contributed by atoms with Crippen LogP contribution in [0.5, 0.6) is 0 Å². The van der Waals surface area contributed by atoms with Gasteiger partial charge in [0.05, 0.1) is 11.0 Å². The lowest BCUT2D eigenvalue weighted by molar-refractivity contribution is -0.120. The first-order valence-corrected chi connectivity index (χ1v) is 12.1. The van der Waals surface area contributed by atoms with Gasteiger partial charge in [0.25, 0.3) is 0 Å². The van der Waals surface area contributed by atoms with E-state index in [-0.39, 0.29) is 5.91 Å². The second kappa shape index (κ2) is 7.91. The molecule has 0 radical (unpaired) electrons. The first-order valence-electron chi connectivity index (χ1n) is 12.1. The van der Waals surface area contributed by atoms with Crippen LogP contribution in [0.1, 0.15) is 38.6 Å². The summed E-state index contributed by atoms with van der Waals surface area (Å²) in [6.07, 6.45) is 5.98. The van der Waals surface area contributed by atoms with Crippen LogP contribution in [0.3, 0.4) is 0 Å². The average Bonchev–Trinajstić information content (AvgIpc) is 3.54. The molecule has 4 aromatic rings. The molecule has 0 saturated carbocycles. The van der Waals surface area contributed by atoms with Gasteiger partial charge in [0.1, 0.15) is 29.2 Å². The van der Waals surface area contributed by atoms with Crippen molar-refractivity contribution >= 4 is 22.8 Å². The van der Waals surface area contributed by atoms with E-state index in [4.69, 9.17) is 4.98 Å². The van der Waals surface area contributed by atoms with Gasteiger partial charge in [-0.25, -0.2) is 24.9 Å². The fourth-order valence-corrected chi connectivity index (χ4v) is 5.42. The Bertz CT molecular complexity index is 1460. The lowest BCUT2D eigenvalue weighted by Gasteiger charge is -2.25. The molecule has 0 aliphatic carbocycles. The minimum Gasteiger partial charge on any atom is -0.325 e. The Labute approximate surface area is 203 Å². The summed E-state index contributed by atoms with van der Waals surface area (Å²) in [7, 11) is 0. The van der Waals surface area contributed by atoms with Gasteiger partial charge in [-0.2, -0.15) is 0 Å². The molecule has 1 aromatic carbocycles. The SMILES string of the molecule is CCn1c(-c2cnc(C)nc2)nc2c(-c3ccc4c(c3)[C@@]3(CCN(C(C)C)C3)C(=O)N4)ncnc21. The average molecular weight is 469 g/mol. The number of carbonyl (C=O) groups is 1. The normalized spacial score (nSPS) is 19.7. The number of likely N-dealkylation sites (tertiary alicyclic amines) is 1. The number of amides is 1. The van der Waals surface area contributed by atoms with Gasteiger partial charge >= 0.3 is 0 Å². The van der Waals surface area contributed by atoms with Gasteiger partial charge in [-0.15, -0.1) is 0 Å². The van der Waals surface area contributed by atoms with E-state index in [0.717, 1.165) is 64.6 Å². The van der Waals surface area contributed by atoms with E-state index >= 15 is 0 Å². The summed E-state index contributed by atoms with van der Waals surface area (Å²) in [5.74, 6) is 1.58. The summed E-state index contributed by atoms with van der Waals surface area (Å²) in [5, 5.41) is 3.12. The molecule has 2 aliphatic rings. The van der Waals surface area contributed by atoms with Crippen molar-refractivity contribution in [3.05, 3.63) is 48.3 Å². The van der Waals surface area contributed by atoms with E-state index in [9.17, 15) is 4.79 Å². The summed E-state index contributed by atoms with van der Waals surface area (Å²) in [5.41, 5.74) is 5.45. The number of hydrogen-bond acceptors (Lipinski definition) is 7. The number of benzene rings is 1. The Morgan fingerprint density at radius 3 is 2.63 bits per heavy atom. The van der Waals surface area contributed by atoms with Crippen LogP contribution in [-0.2, 0) is 16.8 Å². The molecule has 0 bridgehead atoms. The molecule has 3 aromatic heterocycles. The van der Waals surface area contributed by atoms with E-state index in [1.54, 1.807) is 18.7 Å². The van der Waals surface area contributed by atoms with Gasteiger partial charge in [-0.3, -0.25) is 9.69 Å². The van der Waals surface area contributed by atoms with Crippen molar-refractivity contribution in [2.45, 2.75) is 52.1 Å². The number of aromatic nitrogens is 6. The number of imidazole rings is 1. The molecule has 35 heavy (non-hydrogen) atoms. The van der Waals surface area contributed by atoms with Crippen molar-refractivity contribution in [2.24, 2.45) is 0 Å². The molecule has 1 fully saturated rings. The van der Waals surface area contributed by atoms with Crippen molar-refractivity contribution in [3.8, 4) is 22.6 Å². The van der Waals surface area contributed by atoms with Crippen LogP contribution in [-0.4, -0.2) is 59.4 Å². The zero-order valence-corrected chi connectivity index (χ0v) is 20.4. The van der Waals surface area contributed by atoms with Gasteiger partial charge < -0.3 is 9.88 Å². The summed E-state index contributed by atoms with van der Waals surface area (Å²) >= 11 is 0. The maximum Gasteiger partial charge on any atom is 0.236 e. The lowest BCUT2D eigenvalue weighted by atomic mass is 9.80. The third-order valence-corrected chi connectivity index (χ3v) is 7.41. The Balaban J connectivity index is 1.49. The van der Waals surface area contributed by atoms with Crippen molar-refractivity contribution in [3.63, 3.8) is 0 Å². The molecule has 178 valence electrons. The van der Waals surface area contributed by atoms with E-state index in [2.05, 4.69) is 61.6 Å². The number of rotatable bonds is 4. The van der Waals surface area contributed by atoms with E-state index in [0.29, 0.717) is 18.4 Å². The molecule has 6 rings (SSSR count). The second-order valence-electron chi connectivity index (χ2n) is 9.70. The molecule has 1 saturated heterocycles. The summed E-state index contributed by atoms with van der Waals surface area (Å²) in [6.45, 7) is 10.6. The van der Waals surface area contributed by atoms with Crippen LogP contribution >= 0.6 is 0 Å². The molecule has 1 N–H and O–H groups in total. The quantitative estimate of drug-likeness (QED) is 0.488. The topological polar surface area (TPSA) is 102 Å². The fraction of sp³-hybridized carbons (Fsp3) is 0.385. The zero-order valence-electron chi connectivity index (χ0n) is 20.4.